The molecule has 3 heteroatoms. The van der Waals surface area contributed by atoms with Crippen molar-refractivity contribution < 1.29 is 4.79 Å². The van der Waals surface area contributed by atoms with E-state index in [9.17, 15) is 4.79 Å². The number of amides is 1. The minimum Gasteiger partial charge on any atom is -0.335 e. The number of rotatable bonds is 4. The number of benzene rings is 1. The van der Waals surface area contributed by atoms with Crippen LogP contribution in [-0.2, 0) is 11.3 Å². The predicted octanol–water partition coefficient (Wildman–Crippen LogP) is 2.57. The number of nitrogens with zero attached hydrogens (tertiary/aromatic N) is 1. The fourth-order valence-corrected chi connectivity index (χ4v) is 3.14. The first-order valence-corrected chi connectivity index (χ1v) is 7.82. The monoisotopic (exact) mass is 272 g/mol. The van der Waals surface area contributed by atoms with Crippen LogP contribution in [0.4, 0.5) is 0 Å². The summed E-state index contributed by atoms with van der Waals surface area (Å²) >= 11 is 0. The van der Waals surface area contributed by atoms with E-state index in [-0.39, 0.29) is 5.92 Å². The molecule has 1 amide bonds. The van der Waals surface area contributed by atoms with Crippen molar-refractivity contribution in [1.82, 2.24) is 10.2 Å². The Morgan fingerprint density at radius 3 is 2.65 bits per heavy atom. The van der Waals surface area contributed by atoms with Crippen molar-refractivity contribution in [3.8, 4) is 0 Å². The maximum Gasteiger partial charge on any atom is 0.226 e. The van der Waals surface area contributed by atoms with Gasteiger partial charge >= 0.3 is 0 Å². The number of hydrogen-bond acceptors (Lipinski definition) is 2. The lowest BCUT2D eigenvalue weighted by atomic mass is 9.91. The number of piperidine rings is 1. The molecule has 3 rings (SSSR count). The molecule has 2 aliphatic rings. The van der Waals surface area contributed by atoms with Crippen LogP contribution in [-0.4, -0.2) is 29.4 Å². The van der Waals surface area contributed by atoms with E-state index in [1.54, 1.807) is 0 Å². The molecule has 2 fully saturated rings. The smallest absolute Gasteiger partial charge is 0.226 e. The van der Waals surface area contributed by atoms with Crippen molar-refractivity contribution >= 4 is 5.91 Å². The molecule has 1 heterocycles. The van der Waals surface area contributed by atoms with Crippen LogP contribution in [0.15, 0.2) is 30.3 Å². The van der Waals surface area contributed by atoms with Crippen LogP contribution in [0.3, 0.4) is 0 Å². The normalized spacial score (nSPS) is 26.2. The van der Waals surface area contributed by atoms with Gasteiger partial charge in [0.1, 0.15) is 0 Å². The molecular weight excluding hydrogens is 248 g/mol. The van der Waals surface area contributed by atoms with Crippen LogP contribution in [0.25, 0.3) is 0 Å². The van der Waals surface area contributed by atoms with E-state index >= 15 is 0 Å². The van der Waals surface area contributed by atoms with Gasteiger partial charge in [0, 0.05) is 24.5 Å². The standard InChI is InChI=1S/C17H24N2O/c1-13-11-15(9-10-18-13)17(20)19(16-7-8-16)12-14-5-3-2-4-6-14/h2-6,13,15-16,18H,7-12H2,1H3/t13-,15-/m0/s1. The Bertz CT molecular complexity index is 455. The first-order chi connectivity index (χ1) is 9.74. The molecular formula is C17H24N2O. The van der Waals surface area contributed by atoms with Crippen LogP contribution in [0.5, 0.6) is 0 Å². The van der Waals surface area contributed by atoms with Crippen molar-refractivity contribution in [2.45, 2.75) is 51.2 Å². The van der Waals surface area contributed by atoms with E-state index < -0.39 is 0 Å². The summed E-state index contributed by atoms with van der Waals surface area (Å²) in [5.74, 6) is 0.597. The molecule has 0 radical (unpaired) electrons. The van der Waals surface area contributed by atoms with Gasteiger partial charge in [0.2, 0.25) is 5.91 Å². The molecule has 1 saturated heterocycles. The van der Waals surface area contributed by atoms with E-state index in [4.69, 9.17) is 0 Å². The van der Waals surface area contributed by atoms with Crippen molar-refractivity contribution in [2.75, 3.05) is 6.54 Å². The minimum absolute atomic E-state index is 0.218. The van der Waals surface area contributed by atoms with Crippen LogP contribution < -0.4 is 5.32 Å². The third-order valence-corrected chi connectivity index (χ3v) is 4.44. The molecule has 0 bridgehead atoms. The van der Waals surface area contributed by atoms with E-state index in [1.165, 1.54) is 18.4 Å². The van der Waals surface area contributed by atoms with Gasteiger partial charge in [-0.2, -0.15) is 0 Å². The van der Waals surface area contributed by atoms with Gasteiger partial charge in [-0.1, -0.05) is 30.3 Å². The van der Waals surface area contributed by atoms with Gasteiger partial charge in [0.15, 0.2) is 0 Å². The summed E-state index contributed by atoms with van der Waals surface area (Å²) in [7, 11) is 0. The van der Waals surface area contributed by atoms with Gasteiger partial charge in [-0.05, 0) is 44.7 Å². The Kier molecular flexibility index (Phi) is 4.06. The Hall–Kier alpha value is -1.35. The van der Waals surface area contributed by atoms with Gasteiger partial charge in [0.25, 0.3) is 0 Å². The first-order valence-electron chi connectivity index (χ1n) is 7.82. The highest BCUT2D eigenvalue weighted by Gasteiger charge is 2.36. The highest BCUT2D eigenvalue weighted by molar-refractivity contribution is 5.79. The fraction of sp³-hybridized carbons (Fsp3) is 0.588. The average Bonchev–Trinajstić information content (AvgIpc) is 3.30. The second-order valence-electron chi connectivity index (χ2n) is 6.26. The quantitative estimate of drug-likeness (QED) is 0.913. The highest BCUT2D eigenvalue weighted by atomic mass is 16.2. The molecule has 1 aromatic carbocycles. The third-order valence-electron chi connectivity index (χ3n) is 4.44. The summed E-state index contributed by atoms with van der Waals surface area (Å²) < 4.78 is 0. The lowest BCUT2D eigenvalue weighted by Gasteiger charge is -2.32. The fourth-order valence-electron chi connectivity index (χ4n) is 3.14. The SMILES string of the molecule is C[C@H]1C[C@@H](C(=O)N(Cc2ccccc2)C2CC2)CCN1. The van der Waals surface area contributed by atoms with E-state index in [0.29, 0.717) is 18.0 Å². The van der Waals surface area contributed by atoms with Crippen molar-refractivity contribution in [3.63, 3.8) is 0 Å². The van der Waals surface area contributed by atoms with Gasteiger partial charge < -0.3 is 10.2 Å². The highest BCUT2D eigenvalue weighted by Crippen LogP contribution is 2.31. The summed E-state index contributed by atoms with van der Waals surface area (Å²) in [6.07, 6.45) is 4.33. The van der Waals surface area contributed by atoms with Gasteiger partial charge in [-0.15, -0.1) is 0 Å². The number of carbonyl (C=O) groups is 1. The first kappa shape index (κ1) is 13.6. The maximum absolute atomic E-state index is 12.8. The van der Waals surface area contributed by atoms with Crippen molar-refractivity contribution in [3.05, 3.63) is 35.9 Å². The number of nitrogens with one attached hydrogen (secondary N) is 1. The topological polar surface area (TPSA) is 32.3 Å². The zero-order valence-corrected chi connectivity index (χ0v) is 12.2. The van der Waals surface area contributed by atoms with Crippen molar-refractivity contribution in [1.29, 1.82) is 0 Å². The Balaban J connectivity index is 1.68. The molecule has 0 spiro atoms. The van der Waals surface area contributed by atoms with Crippen molar-refractivity contribution in [2.24, 2.45) is 5.92 Å². The summed E-state index contributed by atoms with van der Waals surface area (Å²) in [6.45, 7) is 3.93. The largest absolute Gasteiger partial charge is 0.335 e. The zero-order chi connectivity index (χ0) is 13.9. The Morgan fingerprint density at radius 2 is 2.00 bits per heavy atom. The van der Waals surface area contributed by atoms with Gasteiger partial charge in [-0.3, -0.25) is 4.79 Å². The molecule has 0 unspecified atom stereocenters. The van der Waals surface area contributed by atoms with E-state index in [1.807, 2.05) is 6.07 Å². The van der Waals surface area contributed by atoms with Crippen LogP contribution >= 0.6 is 0 Å². The van der Waals surface area contributed by atoms with Crippen LogP contribution in [0.2, 0.25) is 0 Å². The summed E-state index contributed by atoms with van der Waals surface area (Å²) in [6, 6.07) is 11.3. The molecule has 20 heavy (non-hydrogen) atoms. The maximum atomic E-state index is 12.8. The van der Waals surface area contributed by atoms with Gasteiger partial charge in [0.05, 0.1) is 0 Å². The molecule has 1 aromatic rings. The molecule has 1 aliphatic heterocycles. The second-order valence-corrected chi connectivity index (χ2v) is 6.26. The summed E-state index contributed by atoms with van der Waals surface area (Å²) in [5.41, 5.74) is 1.25. The molecule has 1 aliphatic carbocycles. The molecule has 1 N–H and O–H groups in total. The lowest BCUT2D eigenvalue weighted by Crippen LogP contribution is -2.44. The Morgan fingerprint density at radius 1 is 1.25 bits per heavy atom. The summed E-state index contributed by atoms with van der Waals surface area (Å²) in [4.78, 5) is 15.0. The molecule has 3 nitrogen and oxygen atoms in total. The Labute approximate surface area is 121 Å². The second kappa shape index (κ2) is 5.96. The summed E-state index contributed by atoms with van der Waals surface area (Å²) in [5, 5.41) is 3.43. The number of carbonyl (C=O) groups excluding carboxylic acids is 1. The van der Waals surface area contributed by atoms with E-state index in [0.717, 1.165) is 25.9 Å². The molecule has 0 aromatic heterocycles. The average molecular weight is 272 g/mol. The molecule has 1 saturated carbocycles. The third kappa shape index (κ3) is 3.21. The predicted molar refractivity (Wildman–Crippen MR) is 80.2 cm³/mol. The zero-order valence-electron chi connectivity index (χ0n) is 12.2. The van der Waals surface area contributed by atoms with Gasteiger partial charge in [-0.25, -0.2) is 0 Å². The number of hydrogen-bond donors (Lipinski definition) is 1. The van der Waals surface area contributed by atoms with Crippen LogP contribution in [0.1, 0.15) is 38.2 Å². The molecule has 108 valence electrons. The molecule has 2 atom stereocenters. The van der Waals surface area contributed by atoms with Crippen LogP contribution in [0, 0.1) is 5.92 Å². The van der Waals surface area contributed by atoms with E-state index in [2.05, 4.69) is 41.4 Å². The lowest BCUT2D eigenvalue weighted by molar-refractivity contribution is -0.138. The minimum atomic E-state index is 0.218.